The molecule has 41 heavy (non-hydrogen) atoms. The predicted molar refractivity (Wildman–Crippen MR) is 156 cm³/mol. The molecular weight excluding hydrogens is 544 g/mol. The molecule has 0 unspecified atom stereocenters. The number of halogens is 1. The molecule has 0 fully saturated rings. The van der Waals surface area contributed by atoms with Crippen molar-refractivity contribution in [3.63, 3.8) is 0 Å². The van der Waals surface area contributed by atoms with Crippen LogP contribution in [0.4, 0.5) is 5.95 Å². The van der Waals surface area contributed by atoms with Crippen LogP contribution in [0.15, 0.2) is 102 Å². The van der Waals surface area contributed by atoms with Crippen molar-refractivity contribution in [2.45, 2.75) is 6.54 Å². The van der Waals surface area contributed by atoms with E-state index in [0.717, 1.165) is 5.56 Å². The van der Waals surface area contributed by atoms with Gasteiger partial charge in [-0.2, -0.15) is 0 Å². The van der Waals surface area contributed by atoms with Crippen LogP contribution in [0.25, 0.3) is 16.9 Å². The lowest BCUT2D eigenvalue weighted by Crippen LogP contribution is -2.38. The zero-order valence-corrected chi connectivity index (χ0v) is 23.2. The fourth-order valence-electron chi connectivity index (χ4n) is 4.32. The summed E-state index contributed by atoms with van der Waals surface area (Å²) in [5.74, 6) is 1.02. The standard InChI is InChI=1S/C31H27ClN4O5/c1-39-27-15-14-22(17-28(27)40-2)36-19-26(21-9-4-3-5-10-21)33-31(36)34-29(37)20-35(18-23-11-8-16-41-23)30(38)24-12-6-7-13-25(24)32/h3-17,19H,18,20H2,1-2H3,(H,33,34,37). The Balaban J connectivity index is 1.47. The van der Waals surface area contributed by atoms with Gasteiger partial charge in [0.15, 0.2) is 11.5 Å². The predicted octanol–water partition coefficient (Wildman–Crippen LogP) is 6.08. The number of carbonyl (C=O) groups is 2. The molecule has 0 spiro atoms. The lowest BCUT2D eigenvalue weighted by molar-refractivity contribution is -0.117. The van der Waals surface area contributed by atoms with Crippen molar-refractivity contribution in [2.75, 3.05) is 26.1 Å². The summed E-state index contributed by atoms with van der Waals surface area (Å²) in [5, 5.41) is 3.17. The Hall–Kier alpha value is -5.02. The second-order valence-electron chi connectivity index (χ2n) is 8.99. The molecule has 0 aliphatic heterocycles. The Morgan fingerprint density at radius 2 is 1.71 bits per heavy atom. The van der Waals surface area contributed by atoms with E-state index in [1.807, 2.05) is 42.6 Å². The number of hydrogen-bond donors (Lipinski definition) is 1. The third kappa shape index (κ3) is 6.26. The van der Waals surface area contributed by atoms with Crippen LogP contribution in [0, 0.1) is 0 Å². The first-order chi connectivity index (χ1) is 20.0. The van der Waals surface area contributed by atoms with Crippen LogP contribution >= 0.6 is 11.6 Å². The number of hydrogen-bond acceptors (Lipinski definition) is 6. The number of anilines is 1. The molecule has 0 aliphatic rings. The van der Waals surface area contributed by atoms with Crippen molar-refractivity contribution in [1.29, 1.82) is 0 Å². The average molecular weight is 571 g/mol. The highest BCUT2D eigenvalue weighted by molar-refractivity contribution is 6.33. The molecule has 5 aromatic rings. The molecule has 2 amide bonds. The third-order valence-electron chi connectivity index (χ3n) is 6.32. The number of carbonyl (C=O) groups excluding carboxylic acids is 2. The van der Waals surface area contributed by atoms with Gasteiger partial charge in [0.1, 0.15) is 12.3 Å². The zero-order valence-electron chi connectivity index (χ0n) is 22.4. The van der Waals surface area contributed by atoms with Crippen molar-refractivity contribution in [2.24, 2.45) is 0 Å². The lowest BCUT2D eigenvalue weighted by atomic mass is 10.2. The van der Waals surface area contributed by atoms with E-state index < -0.39 is 11.8 Å². The second-order valence-corrected chi connectivity index (χ2v) is 9.40. The van der Waals surface area contributed by atoms with Gasteiger partial charge in [0.05, 0.1) is 49.0 Å². The quantitative estimate of drug-likeness (QED) is 0.218. The molecule has 9 nitrogen and oxygen atoms in total. The molecule has 5 rings (SSSR count). The van der Waals surface area contributed by atoms with Crippen LogP contribution in [0.1, 0.15) is 16.1 Å². The van der Waals surface area contributed by atoms with E-state index in [0.29, 0.717) is 33.7 Å². The largest absolute Gasteiger partial charge is 0.493 e. The fraction of sp³-hybridized carbons (Fsp3) is 0.129. The first-order valence-electron chi connectivity index (χ1n) is 12.7. The van der Waals surface area contributed by atoms with E-state index >= 15 is 0 Å². The number of furan rings is 1. The Kier molecular flexibility index (Phi) is 8.36. The highest BCUT2D eigenvalue weighted by Crippen LogP contribution is 2.32. The molecule has 0 radical (unpaired) electrons. The van der Waals surface area contributed by atoms with Crippen LogP contribution in [0.5, 0.6) is 11.5 Å². The normalized spacial score (nSPS) is 10.7. The van der Waals surface area contributed by atoms with Gasteiger partial charge in [-0.05, 0) is 36.4 Å². The minimum Gasteiger partial charge on any atom is -0.493 e. The SMILES string of the molecule is COc1ccc(-n2cc(-c3ccccc3)nc2NC(=O)CN(Cc2ccco2)C(=O)c2ccccc2Cl)cc1OC. The Labute approximate surface area is 241 Å². The summed E-state index contributed by atoms with van der Waals surface area (Å²) >= 11 is 6.30. The summed E-state index contributed by atoms with van der Waals surface area (Å²) in [6, 6.07) is 25.2. The minimum absolute atomic E-state index is 0.0733. The lowest BCUT2D eigenvalue weighted by Gasteiger charge is -2.22. The summed E-state index contributed by atoms with van der Waals surface area (Å²) in [4.78, 5) is 33.0. The minimum atomic E-state index is -0.455. The molecule has 2 aromatic heterocycles. The van der Waals surface area contributed by atoms with Crippen molar-refractivity contribution in [3.8, 4) is 28.4 Å². The van der Waals surface area contributed by atoms with E-state index in [1.165, 1.54) is 11.2 Å². The molecular formula is C31H27ClN4O5. The maximum atomic E-state index is 13.5. The van der Waals surface area contributed by atoms with E-state index in [-0.39, 0.29) is 24.6 Å². The number of aromatic nitrogens is 2. The number of ether oxygens (including phenoxy) is 2. The van der Waals surface area contributed by atoms with Gasteiger partial charge in [-0.25, -0.2) is 4.98 Å². The average Bonchev–Trinajstić information content (AvgIpc) is 3.67. The summed E-state index contributed by atoms with van der Waals surface area (Å²) in [7, 11) is 3.11. The Morgan fingerprint density at radius 3 is 2.41 bits per heavy atom. The van der Waals surface area contributed by atoms with Crippen molar-refractivity contribution in [3.05, 3.63) is 114 Å². The summed E-state index contributed by atoms with van der Waals surface area (Å²) in [5.41, 5.74) is 2.49. The number of methoxy groups -OCH3 is 2. The van der Waals surface area contributed by atoms with Crippen molar-refractivity contribution in [1.82, 2.24) is 14.5 Å². The first-order valence-corrected chi connectivity index (χ1v) is 13.1. The summed E-state index contributed by atoms with van der Waals surface area (Å²) < 4.78 is 18.1. The number of amides is 2. The highest BCUT2D eigenvalue weighted by Gasteiger charge is 2.24. The molecule has 208 valence electrons. The third-order valence-corrected chi connectivity index (χ3v) is 6.65. The number of benzene rings is 3. The monoisotopic (exact) mass is 570 g/mol. The number of rotatable bonds is 10. The number of nitrogens with zero attached hydrogens (tertiary/aromatic N) is 3. The van der Waals surface area contributed by atoms with Crippen LogP contribution in [-0.4, -0.2) is 47.0 Å². The van der Waals surface area contributed by atoms with Gasteiger partial charge in [-0.1, -0.05) is 54.1 Å². The number of nitrogens with one attached hydrogen (secondary N) is 1. The van der Waals surface area contributed by atoms with E-state index in [1.54, 1.807) is 67.3 Å². The van der Waals surface area contributed by atoms with Gasteiger partial charge in [0.25, 0.3) is 5.91 Å². The van der Waals surface area contributed by atoms with Crippen LogP contribution in [-0.2, 0) is 11.3 Å². The van der Waals surface area contributed by atoms with Crippen molar-refractivity contribution < 1.29 is 23.5 Å². The highest BCUT2D eigenvalue weighted by atomic mass is 35.5. The van der Waals surface area contributed by atoms with Gasteiger partial charge < -0.3 is 18.8 Å². The van der Waals surface area contributed by atoms with Crippen LogP contribution in [0.3, 0.4) is 0 Å². The smallest absolute Gasteiger partial charge is 0.256 e. The maximum absolute atomic E-state index is 13.5. The first kappa shape index (κ1) is 27.5. The summed E-state index contributed by atoms with van der Waals surface area (Å²) in [6.45, 7) is -0.200. The van der Waals surface area contributed by atoms with Crippen LogP contribution in [0.2, 0.25) is 5.02 Å². The second kappa shape index (κ2) is 12.4. The van der Waals surface area contributed by atoms with Gasteiger partial charge >= 0.3 is 0 Å². The molecule has 1 N–H and O–H groups in total. The maximum Gasteiger partial charge on any atom is 0.256 e. The molecule has 3 aromatic carbocycles. The molecule has 0 atom stereocenters. The topological polar surface area (TPSA) is 98.8 Å². The molecule has 2 heterocycles. The summed E-state index contributed by atoms with van der Waals surface area (Å²) in [6.07, 6.45) is 3.33. The van der Waals surface area contributed by atoms with E-state index in [2.05, 4.69) is 5.32 Å². The fourth-order valence-corrected chi connectivity index (χ4v) is 4.54. The Bertz CT molecular complexity index is 1650. The molecule has 0 saturated heterocycles. The van der Waals surface area contributed by atoms with Gasteiger partial charge in [-0.3, -0.25) is 19.5 Å². The zero-order chi connectivity index (χ0) is 28.8. The molecule has 0 aliphatic carbocycles. The number of imidazole rings is 1. The Morgan fingerprint density at radius 1 is 0.951 bits per heavy atom. The van der Waals surface area contributed by atoms with Gasteiger partial charge in [0.2, 0.25) is 11.9 Å². The molecule has 0 bridgehead atoms. The van der Waals surface area contributed by atoms with Gasteiger partial charge in [-0.15, -0.1) is 0 Å². The van der Waals surface area contributed by atoms with Gasteiger partial charge in [0, 0.05) is 17.8 Å². The van der Waals surface area contributed by atoms with E-state index in [9.17, 15) is 9.59 Å². The molecule has 0 saturated carbocycles. The van der Waals surface area contributed by atoms with E-state index in [4.69, 9.17) is 30.5 Å². The van der Waals surface area contributed by atoms with Crippen molar-refractivity contribution >= 4 is 29.4 Å². The molecule has 10 heteroatoms. The van der Waals surface area contributed by atoms with Crippen LogP contribution < -0.4 is 14.8 Å².